The van der Waals surface area contributed by atoms with E-state index < -0.39 is 0 Å². The number of nitrogens with zero attached hydrogens (tertiary/aromatic N) is 2. The molecular weight excluding hydrogens is 452 g/mol. The van der Waals surface area contributed by atoms with E-state index in [0.29, 0.717) is 0 Å². The minimum absolute atomic E-state index is 0.103. The number of anilines is 2. The van der Waals surface area contributed by atoms with E-state index in [1.165, 1.54) is 13.8 Å². The Bertz CT molecular complexity index is 1420. The minimum Gasteiger partial charge on any atom is -0.344 e. The Morgan fingerprint density at radius 2 is 1.03 bits per heavy atom. The van der Waals surface area contributed by atoms with Crippen LogP contribution in [0, 0.1) is 0 Å². The van der Waals surface area contributed by atoms with Gasteiger partial charge in [-0.05, 0) is 30.3 Å². The Morgan fingerprint density at radius 3 is 1.42 bits per heavy atom. The Morgan fingerprint density at radius 1 is 0.611 bits per heavy atom. The van der Waals surface area contributed by atoms with E-state index >= 15 is 0 Å². The molecule has 178 valence electrons. The number of H-pyrrole nitrogens is 2. The Kier molecular flexibility index (Phi) is 6.15. The molecule has 36 heavy (non-hydrogen) atoms. The van der Waals surface area contributed by atoms with Gasteiger partial charge in [0.25, 0.3) is 0 Å². The first-order valence-corrected chi connectivity index (χ1v) is 11.4. The fraction of sp³-hybridized carbons (Fsp3) is 0.0714. The molecule has 8 nitrogen and oxygen atoms in total. The van der Waals surface area contributed by atoms with Crippen LogP contribution in [0.2, 0.25) is 0 Å². The van der Waals surface area contributed by atoms with Gasteiger partial charge in [-0.15, -0.1) is 0 Å². The number of hydrogen-bond donors (Lipinski definition) is 4. The summed E-state index contributed by atoms with van der Waals surface area (Å²) in [5.74, 6) is 1.29. The second kappa shape index (κ2) is 9.71. The summed E-state index contributed by atoms with van der Waals surface area (Å²) in [6, 6.07) is 23.1. The first-order valence-electron chi connectivity index (χ1n) is 11.4. The lowest BCUT2D eigenvalue weighted by molar-refractivity contribution is -0.115. The lowest BCUT2D eigenvalue weighted by atomic mass is 10.1. The van der Waals surface area contributed by atoms with Crippen LogP contribution in [0.4, 0.5) is 11.4 Å². The standard InChI is InChI=1S/C28H24N6O2/c1-17(35)31-23-10-6-19(7-11-23)25-15-29-27(33-25)21-4-3-5-22(14-21)28-30-16-26(34-28)20-8-12-24(13-9-20)32-18(2)36/h3-16H,1-2H3,(H,29,33)(H,30,34)(H,31,35)(H,32,36). The van der Waals surface area contributed by atoms with Crippen LogP contribution in [0.5, 0.6) is 0 Å². The summed E-state index contributed by atoms with van der Waals surface area (Å²) < 4.78 is 0. The van der Waals surface area contributed by atoms with Gasteiger partial charge < -0.3 is 20.6 Å². The lowest BCUT2D eigenvalue weighted by Gasteiger charge is -2.03. The number of hydrogen-bond acceptors (Lipinski definition) is 4. The first-order chi connectivity index (χ1) is 17.4. The highest BCUT2D eigenvalue weighted by molar-refractivity contribution is 5.89. The van der Waals surface area contributed by atoms with Crippen LogP contribution < -0.4 is 10.6 Å². The third-order valence-electron chi connectivity index (χ3n) is 5.57. The van der Waals surface area contributed by atoms with E-state index in [1.54, 1.807) is 0 Å². The molecule has 2 amide bonds. The third-order valence-corrected chi connectivity index (χ3v) is 5.57. The summed E-state index contributed by atoms with van der Waals surface area (Å²) in [6.45, 7) is 2.97. The van der Waals surface area contributed by atoms with Crippen molar-refractivity contribution in [3.05, 3.63) is 85.2 Å². The van der Waals surface area contributed by atoms with Gasteiger partial charge in [0.2, 0.25) is 11.8 Å². The van der Waals surface area contributed by atoms with Crippen molar-refractivity contribution in [1.82, 2.24) is 19.9 Å². The highest BCUT2D eigenvalue weighted by Gasteiger charge is 2.11. The molecule has 0 aliphatic heterocycles. The summed E-state index contributed by atoms with van der Waals surface area (Å²) in [6.07, 6.45) is 3.73. The monoisotopic (exact) mass is 476 g/mol. The van der Waals surface area contributed by atoms with Crippen LogP contribution in [-0.4, -0.2) is 31.8 Å². The quantitative estimate of drug-likeness (QED) is 0.251. The largest absolute Gasteiger partial charge is 0.344 e. The van der Waals surface area contributed by atoms with Crippen LogP contribution in [0.3, 0.4) is 0 Å². The molecule has 2 heterocycles. The Balaban J connectivity index is 1.35. The zero-order valence-corrected chi connectivity index (χ0v) is 19.8. The highest BCUT2D eigenvalue weighted by atomic mass is 16.2. The molecule has 5 rings (SSSR count). The molecule has 8 heteroatoms. The molecule has 0 fully saturated rings. The fourth-order valence-electron chi connectivity index (χ4n) is 3.90. The molecule has 0 radical (unpaired) electrons. The molecule has 4 N–H and O–H groups in total. The molecule has 2 aromatic heterocycles. The molecule has 0 saturated heterocycles. The molecule has 0 bridgehead atoms. The molecule has 0 aliphatic rings. The normalized spacial score (nSPS) is 10.7. The van der Waals surface area contributed by atoms with Crippen molar-refractivity contribution < 1.29 is 9.59 Å². The number of carbonyl (C=O) groups excluding carboxylic acids is 2. The minimum atomic E-state index is -0.103. The van der Waals surface area contributed by atoms with Crippen molar-refractivity contribution in [3.8, 4) is 45.3 Å². The van der Waals surface area contributed by atoms with Gasteiger partial charge in [0.05, 0.1) is 11.4 Å². The van der Waals surface area contributed by atoms with Crippen molar-refractivity contribution in [3.63, 3.8) is 0 Å². The number of imidazole rings is 2. The number of amides is 2. The van der Waals surface area contributed by atoms with Gasteiger partial charge in [0.1, 0.15) is 11.6 Å². The number of aromatic nitrogens is 4. The SMILES string of the molecule is CC(=O)Nc1ccc(-c2c[nH]c(-c3cccc(-c4nc(-c5ccc(NC(C)=O)cc5)c[nH]4)c3)n2)cc1. The second-order valence-corrected chi connectivity index (χ2v) is 8.37. The predicted octanol–water partition coefficient (Wildman–Crippen LogP) is 5.72. The molecule has 0 atom stereocenters. The average molecular weight is 477 g/mol. The van der Waals surface area contributed by atoms with Gasteiger partial charge in [-0.2, -0.15) is 0 Å². The molecule has 0 aliphatic carbocycles. The number of carbonyl (C=O) groups is 2. The fourth-order valence-corrected chi connectivity index (χ4v) is 3.90. The van der Waals surface area contributed by atoms with Crippen molar-refractivity contribution in [1.29, 1.82) is 0 Å². The van der Waals surface area contributed by atoms with E-state index in [1.807, 2.05) is 85.2 Å². The highest BCUT2D eigenvalue weighted by Crippen LogP contribution is 2.28. The van der Waals surface area contributed by atoms with Gasteiger partial charge in [0.15, 0.2) is 0 Å². The molecule has 0 spiro atoms. The van der Waals surface area contributed by atoms with Gasteiger partial charge in [0, 0.05) is 59.9 Å². The number of benzene rings is 3. The van der Waals surface area contributed by atoms with E-state index in [9.17, 15) is 9.59 Å². The van der Waals surface area contributed by atoms with Gasteiger partial charge in [-0.25, -0.2) is 9.97 Å². The summed E-state index contributed by atoms with van der Waals surface area (Å²) in [7, 11) is 0. The maximum absolute atomic E-state index is 11.2. The van der Waals surface area contributed by atoms with Crippen molar-refractivity contribution in [2.45, 2.75) is 13.8 Å². The summed E-state index contributed by atoms with van der Waals surface area (Å²) in [4.78, 5) is 38.5. The maximum Gasteiger partial charge on any atom is 0.221 e. The third kappa shape index (κ3) is 5.07. The van der Waals surface area contributed by atoms with E-state index in [0.717, 1.165) is 56.7 Å². The lowest BCUT2D eigenvalue weighted by Crippen LogP contribution is -2.05. The average Bonchev–Trinajstić information content (AvgIpc) is 3.55. The number of nitrogens with one attached hydrogen (secondary N) is 4. The molecule has 5 aromatic rings. The maximum atomic E-state index is 11.2. The molecule has 0 unspecified atom stereocenters. The van der Waals surface area contributed by atoms with Crippen molar-refractivity contribution >= 4 is 23.2 Å². The van der Waals surface area contributed by atoms with E-state index in [2.05, 4.69) is 20.6 Å². The van der Waals surface area contributed by atoms with Crippen LogP contribution in [0.15, 0.2) is 85.2 Å². The molecule has 3 aromatic carbocycles. The summed E-state index contributed by atoms with van der Waals surface area (Å²) in [5, 5.41) is 5.53. The zero-order valence-electron chi connectivity index (χ0n) is 19.8. The number of aromatic amines is 2. The van der Waals surface area contributed by atoms with Crippen LogP contribution in [0.1, 0.15) is 13.8 Å². The topological polar surface area (TPSA) is 116 Å². The van der Waals surface area contributed by atoms with Crippen LogP contribution in [-0.2, 0) is 9.59 Å². The van der Waals surface area contributed by atoms with Crippen LogP contribution in [0.25, 0.3) is 45.3 Å². The number of rotatable bonds is 6. The van der Waals surface area contributed by atoms with E-state index in [4.69, 9.17) is 9.97 Å². The predicted molar refractivity (Wildman–Crippen MR) is 141 cm³/mol. The van der Waals surface area contributed by atoms with Crippen LogP contribution >= 0.6 is 0 Å². The first kappa shape index (κ1) is 22.8. The summed E-state index contributed by atoms with van der Waals surface area (Å²) >= 11 is 0. The molecular formula is C28H24N6O2. The van der Waals surface area contributed by atoms with Crippen molar-refractivity contribution in [2.75, 3.05) is 10.6 Å². The van der Waals surface area contributed by atoms with Gasteiger partial charge in [-0.3, -0.25) is 9.59 Å². The van der Waals surface area contributed by atoms with Gasteiger partial charge >= 0.3 is 0 Å². The zero-order chi connectivity index (χ0) is 25.1. The Hall–Kier alpha value is -4.98. The molecule has 0 saturated carbocycles. The Labute approximate surface area is 207 Å². The summed E-state index contributed by atoms with van der Waals surface area (Å²) in [5.41, 5.74) is 6.89. The second-order valence-electron chi connectivity index (χ2n) is 8.37. The van der Waals surface area contributed by atoms with Gasteiger partial charge in [-0.1, -0.05) is 42.5 Å². The van der Waals surface area contributed by atoms with Crippen molar-refractivity contribution in [2.24, 2.45) is 0 Å². The smallest absolute Gasteiger partial charge is 0.221 e. The van der Waals surface area contributed by atoms with E-state index in [-0.39, 0.29) is 11.8 Å².